The predicted octanol–water partition coefficient (Wildman–Crippen LogP) is 0.960. The van der Waals surface area contributed by atoms with Crippen LogP contribution < -0.4 is 11.1 Å². The Kier molecular flexibility index (Phi) is 5.92. The molecule has 4 heteroatoms. The fourth-order valence-electron chi connectivity index (χ4n) is 2.20. The van der Waals surface area contributed by atoms with Gasteiger partial charge in [-0.05, 0) is 25.3 Å². The SMILES string of the molecule is CCC(C)[C@H](N)C(=O)NC1CCN(CC)CC1. The van der Waals surface area contributed by atoms with Crippen molar-refractivity contribution in [1.82, 2.24) is 10.2 Å². The number of nitrogens with one attached hydrogen (secondary N) is 1. The number of nitrogens with zero attached hydrogens (tertiary/aromatic N) is 1. The van der Waals surface area contributed by atoms with E-state index in [1.807, 2.05) is 6.92 Å². The summed E-state index contributed by atoms with van der Waals surface area (Å²) in [5, 5.41) is 3.09. The fourth-order valence-corrected chi connectivity index (χ4v) is 2.20. The van der Waals surface area contributed by atoms with Crippen molar-refractivity contribution in [3.8, 4) is 0 Å². The van der Waals surface area contributed by atoms with E-state index in [2.05, 4.69) is 24.1 Å². The van der Waals surface area contributed by atoms with Crippen molar-refractivity contribution in [3.63, 3.8) is 0 Å². The van der Waals surface area contributed by atoms with E-state index in [4.69, 9.17) is 5.73 Å². The van der Waals surface area contributed by atoms with E-state index in [-0.39, 0.29) is 17.9 Å². The maximum absolute atomic E-state index is 11.9. The molecule has 0 saturated carbocycles. The van der Waals surface area contributed by atoms with Gasteiger partial charge in [0.15, 0.2) is 0 Å². The van der Waals surface area contributed by atoms with Crippen molar-refractivity contribution >= 4 is 5.91 Å². The Labute approximate surface area is 105 Å². The van der Waals surface area contributed by atoms with Crippen LogP contribution in [0.4, 0.5) is 0 Å². The molecule has 0 bridgehead atoms. The van der Waals surface area contributed by atoms with Gasteiger partial charge in [-0.2, -0.15) is 0 Å². The van der Waals surface area contributed by atoms with Crippen molar-refractivity contribution in [2.45, 2.75) is 52.1 Å². The lowest BCUT2D eigenvalue weighted by molar-refractivity contribution is -0.124. The Bertz CT molecular complexity index is 237. The molecule has 17 heavy (non-hydrogen) atoms. The van der Waals surface area contributed by atoms with Gasteiger partial charge >= 0.3 is 0 Å². The molecule has 0 spiro atoms. The number of piperidine rings is 1. The van der Waals surface area contributed by atoms with Crippen LogP contribution >= 0.6 is 0 Å². The number of carbonyl (C=O) groups is 1. The van der Waals surface area contributed by atoms with E-state index in [9.17, 15) is 4.79 Å². The molecular weight excluding hydrogens is 214 g/mol. The lowest BCUT2D eigenvalue weighted by Gasteiger charge is -2.32. The summed E-state index contributed by atoms with van der Waals surface area (Å²) in [6, 6.07) is -0.0374. The average molecular weight is 241 g/mol. The maximum Gasteiger partial charge on any atom is 0.237 e. The molecule has 1 rings (SSSR count). The first kappa shape index (κ1) is 14.5. The van der Waals surface area contributed by atoms with Gasteiger partial charge in [0.1, 0.15) is 0 Å². The van der Waals surface area contributed by atoms with E-state index >= 15 is 0 Å². The normalized spacial score (nSPS) is 22.1. The molecular formula is C13H27N3O. The zero-order valence-electron chi connectivity index (χ0n) is 11.4. The van der Waals surface area contributed by atoms with Crippen LogP contribution in [0.25, 0.3) is 0 Å². The number of hydrogen-bond acceptors (Lipinski definition) is 3. The van der Waals surface area contributed by atoms with Gasteiger partial charge in [-0.1, -0.05) is 27.2 Å². The topological polar surface area (TPSA) is 58.4 Å². The van der Waals surface area contributed by atoms with Crippen LogP contribution in [0.2, 0.25) is 0 Å². The summed E-state index contributed by atoms with van der Waals surface area (Å²) in [5.74, 6) is 0.278. The quantitative estimate of drug-likeness (QED) is 0.754. The van der Waals surface area contributed by atoms with Gasteiger partial charge in [0.25, 0.3) is 0 Å². The van der Waals surface area contributed by atoms with E-state index in [0.29, 0.717) is 6.04 Å². The third kappa shape index (κ3) is 4.28. The first-order valence-electron chi connectivity index (χ1n) is 6.86. The molecule has 0 aromatic heterocycles. The lowest BCUT2D eigenvalue weighted by Crippen LogP contribution is -2.51. The number of hydrogen-bond donors (Lipinski definition) is 2. The Balaban J connectivity index is 2.32. The lowest BCUT2D eigenvalue weighted by atomic mass is 9.98. The van der Waals surface area contributed by atoms with Gasteiger partial charge in [-0.25, -0.2) is 0 Å². The van der Waals surface area contributed by atoms with Crippen LogP contribution in [0, 0.1) is 5.92 Å². The second-order valence-corrected chi connectivity index (χ2v) is 5.13. The number of likely N-dealkylation sites (tertiary alicyclic amines) is 1. The molecule has 1 amide bonds. The fraction of sp³-hybridized carbons (Fsp3) is 0.923. The summed E-state index contributed by atoms with van der Waals surface area (Å²) in [6.07, 6.45) is 3.04. The highest BCUT2D eigenvalue weighted by molar-refractivity contribution is 5.82. The molecule has 0 radical (unpaired) electrons. The highest BCUT2D eigenvalue weighted by Gasteiger charge is 2.24. The number of nitrogens with two attached hydrogens (primary N) is 1. The molecule has 0 aliphatic carbocycles. The summed E-state index contributed by atoms with van der Waals surface area (Å²) in [6.45, 7) is 9.55. The first-order valence-corrected chi connectivity index (χ1v) is 6.86. The van der Waals surface area contributed by atoms with Crippen LogP contribution in [0.5, 0.6) is 0 Å². The standard InChI is InChI=1S/C13H27N3O/c1-4-10(3)12(14)13(17)15-11-6-8-16(5-2)9-7-11/h10-12H,4-9,14H2,1-3H3,(H,15,17)/t10?,12-/m0/s1. The van der Waals surface area contributed by atoms with Crippen molar-refractivity contribution in [3.05, 3.63) is 0 Å². The summed E-state index contributed by atoms with van der Waals surface area (Å²) >= 11 is 0. The number of amides is 1. The van der Waals surface area contributed by atoms with Crippen molar-refractivity contribution in [1.29, 1.82) is 0 Å². The van der Waals surface area contributed by atoms with Crippen LogP contribution in [-0.4, -0.2) is 42.5 Å². The van der Waals surface area contributed by atoms with Crippen LogP contribution in [0.15, 0.2) is 0 Å². The molecule has 3 N–H and O–H groups in total. The molecule has 100 valence electrons. The van der Waals surface area contributed by atoms with E-state index in [1.54, 1.807) is 0 Å². The third-order valence-corrected chi connectivity index (χ3v) is 3.94. The summed E-state index contributed by atoms with van der Waals surface area (Å²) in [7, 11) is 0. The molecule has 2 atom stereocenters. The minimum atomic E-state index is -0.357. The second kappa shape index (κ2) is 6.97. The highest BCUT2D eigenvalue weighted by Crippen LogP contribution is 2.11. The van der Waals surface area contributed by atoms with Gasteiger partial charge in [-0.3, -0.25) is 4.79 Å². The minimum absolute atomic E-state index is 0.0225. The number of rotatable bonds is 5. The zero-order chi connectivity index (χ0) is 12.8. The van der Waals surface area contributed by atoms with Crippen molar-refractivity contribution < 1.29 is 4.79 Å². The average Bonchev–Trinajstić information content (AvgIpc) is 2.37. The van der Waals surface area contributed by atoms with Gasteiger partial charge in [0.2, 0.25) is 5.91 Å². The van der Waals surface area contributed by atoms with Crippen molar-refractivity contribution in [2.75, 3.05) is 19.6 Å². The first-order chi connectivity index (χ1) is 8.08. The van der Waals surface area contributed by atoms with Gasteiger partial charge in [0, 0.05) is 19.1 Å². The van der Waals surface area contributed by atoms with Gasteiger partial charge in [-0.15, -0.1) is 0 Å². The van der Waals surface area contributed by atoms with Crippen LogP contribution in [0.3, 0.4) is 0 Å². The highest BCUT2D eigenvalue weighted by atomic mass is 16.2. The van der Waals surface area contributed by atoms with E-state index < -0.39 is 0 Å². The largest absolute Gasteiger partial charge is 0.352 e. The van der Waals surface area contributed by atoms with Crippen LogP contribution in [-0.2, 0) is 4.79 Å². The summed E-state index contributed by atoms with van der Waals surface area (Å²) < 4.78 is 0. The Morgan fingerprint density at radius 1 is 1.41 bits per heavy atom. The number of carbonyl (C=O) groups excluding carboxylic acids is 1. The Morgan fingerprint density at radius 3 is 2.47 bits per heavy atom. The molecule has 1 aliphatic heterocycles. The molecule has 1 fully saturated rings. The van der Waals surface area contributed by atoms with Crippen LogP contribution in [0.1, 0.15) is 40.0 Å². The smallest absolute Gasteiger partial charge is 0.237 e. The Hall–Kier alpha value is -0.610. The molecule has 0 aromatic rings. The Morgan fingerprint density at radius 2 is 2.00 bits per heavy atom. The van der Waals surface area contributed by atoms with Gasteiger partial charge < -0.3 is 16.0 Å². The molecule has 4 nitrogen and oxygen atoms in total. The molecule has 1 heterocycles. The predicted molar refractivity (Wildman–Crippen MR) is 70.7 cm³/mol. The van der Waals surface area contributed by atoms with E-state index in [0.717, 1.165) is 38.9 Å². The molecule has 1 saturated heterocycles. The summed E-state index contributed by atoms with van der Waals surface area (Å²) in [4.78, 5) is 14.3. The minimum Gasteiger partial charge on any atom is -0.352 e. The monoisotopic (exact) mass is 241 g/mol. The maximum atomic E-state index is 11.9. The van der Waals surface area contributed by atoms with Gasteiger partial charge in [0.05, 0.1) is 6.04 Å². The zero-order valence-corrected chi connectivity index (χ0v) is 11.4. The molecule has 1 aliphatic rings. The van der Waals surface area contributed by atoms with E-state index in [1.165, 1.54) is 0 Å². The molecule has 1 unspecified atom stereocenters. The second-order valence-electron chi connectivity index (χ2n) is 5.13. The molecule has 0 aromatic carbocycles. The third-order valence-electron chi connectivity index (χ3n) is 3.94. The van der Waals surface area contributed by atoms with Crippen molar-refractivity contribution in [2.24, 2.45) is 11.7 Å². The summed E-state index contributed by atoms with van der Waals surface area (Å²) in [5.41, 5.74) is 5.92.